The summed E-state index contributed by atoms with van der Waals surface area (Å²) in [4.78, 5) is 7.29. The summed E-state index contributed by atoms with van der Waals surface area (Å²) in [5.74, 6) is -1.66. The van der Waals surface area contributed by atoms with Crippen LogP contribution in [-0.4, -0.2) is 9.97 Å². The molecule has 2 rings (SSSR count). The van der Waals surface area contributed by atoms with Crippen molar-refractivity contribution in [3.05, 3.63) is 53.6 Å². The fourth-order valence-corrected chi connectivity index (χ4v) is 1.24. The molecule has 17 heavy (non-hydrogen) atoms. The van der Waals surface area contributed by atoms with E-state index >= 15 is 0 Å². The van der Waals surface area contributed by atoms with Crippen LogP contribution in [0.1, 0.15) is 5.56 Å². The second-order valence-corrected chi connectivity index (χ2v) is 3.31. The van der Waals surface area contributed by atoms with Gasteiger partial charge in [-0.05, 0) is 6.07 Å². The standard InChI is InChI=1S/C11H8F3N3/c12-8-2-1-7(10(14)3-8)4-15-11-16-5-9(13)6-17-11/h1-3,5-6H,4H2,(H,15,16,17). The number of aromatic nitrogens is 2. The van der Waals surface area contributed by atoms with Crippen molar-refractivity contribution < 1.29 is 13.2 Å². The minimum absolute atomic E-state index is 0.0950. The molecule has 1 heterocycles. The SMILES string of the molecule is Fc1cnc(NCc2ccc(F)cc2F)nc1. The highest BCUT2D eigenvalue weighted by molar-refractivity contribution is 5.27. The second-order valence-electron chi connectivity index (χ2n) is 3.31. The molecule has 0 saturated carbocycles. The normalized spacial score (nSPS) is 10.3. The van der Waals surface area contributed by atoms with Gasteiger partial charge < -0.3 is 5.32 Å². The number of rotatable bonds is 3. The lowest BCUT2D eigenvalue weighted by Crippen LogP contribution is -2.05. The van der Waals surface area contributed by atoms with E-state index in [0.29, 0.717) is 0 Å². The summed E-state index contributed by atoms with van der Waals surface area (Å²) in [6, 6.07) is 3.27. The van der Waals surface area contributed by atoms with Crippen molar-refractivity contribution in [1.29, 1.82) is 0 Å². The van der Waals surface area contributed by atoms with Gasteiger partial charge in [0.15, 0.2) is 5.82 Å². The average molecular weight is 239 g/mol. The molecule has 6 heteroatoms. The summed E-state index contributed by atoms with van der Waals surface area (Å²) in [7, 11) is 0. The highest BCUT2D eigenvalue weighted by Crippen LogP contribution is 2.10. The van der Waals surface area contributed by atoms with Crippen LogP contribution in [0.2, 0.25) is 0 Å². The molecule has 2 aromatic rings. The number of nitrogens with one attached hydrogen (secondary N) is 1. The summed E-state index contributed by atoms with van der Waals surface area (Å²) in [6.45, 7) is 0.0950. The third-order valence-corrected chi connectivity index (χ3v) is 2.07. The maximum Gasteiger partial charge on any atom is 0.223 e. The Balaban J connectivity index is 2.04. The average Bonchev–Trinajstić information content (AvgIpc) is 2.30. The third kappa shape index (κ3) is 2.93. The van der Waals surface area contributed by atoms with Crippen LogP contribution >= 0.6 is 0 Å². The van der Waals surface area contributed by atoms with Gasteiger partial charge in [-0.25, -0.2) is 23.1 Å². The fraction of sp³-hybridized carbons (Fsp3) is 0.0909. The minimum atomic E-state index is -0.653. The summed E-state index contributed by atoms with van der Waals surface area (Å²) in [5.41, 5.74) is 0.277. The van der Waals surface area contributed by atoms with Crippen molar-refractivity contribution >= 4 is 5.95 Å². The van der Waals surface area contributed by atoms with Crippen molar-refractivity contribution in [3.63, 3.8) is 0 Å². The van der Waals surface area contributed by atoms with Gasteiger partial charge in [0, 0.05) is 18.2 Å². The van der Waals surface area contributed by atoms with E-state index in [-0.39, 0.29) is 18.1 Å². The van der Waals surface area contributed by atoms with Gasteiger partial charge in [-0.2, -0.15) is 0 Å². The van der Waals surface area contributed by atoms with Crippen LogP contribution < -0.4 is 5.32 Å². The lowest BCUT2D eigenvalue weighted by atomic mass is 10.2. The number of hydrogen-bond donors (Lipinski definition) is 1. The summed E-state index contributed by atoms with van der Waals surface area (Å²) < 4.78 is 38.4. The Labute approximate surface area is 95.3 Å². The fourth-order valence-electron chi connectivity index (χ4n) is 1.24. The van der Waals surface area contributed by atoms with Gasteiger partial charge in [-0.1, -0.05) is 6.07 Å². The lowest BCUT2D eigenvalue weighted by molar-refractivity contribution is 0.573. The molecule has 0 aliphatic rings. The Hall–Kier alpha value is -2.11. The molecule has 0 unspecified atom stereocenters. The summed E-state index contributed by atoms with van der Waals surface area (Å²) >= 11 is 0. The first-order valence-corrected chi connectivity index (χ1v) is 4.80. The molecule has 0 saturated heterocycles. The van der Waals surface area contributed by atoms with Gasteiger partial charge in [0.2, 0.25) is 5.95 Å². The van der Waals surface area contributed by atoms with Crippen LogP contribution in [0.25, 0.3) is 0 Å². The van der Waals surface area contributed by atoms with E-state index in [2.05, 4.69) is 15.3 Å². The maximum atomic E-state index is 13.2. The van der Waals surface area contributed by atoms with Crippen LogP contribution in [0, 0.1) is 17.5 Å². The van der Waals surface area contributed by atoms with E-state index in [9.17, 15) is 13.2 Å². The molecule has 0 amide bonds. The third-order valence-electron chi connectivity index (χ3n) is 2.07. The van der Waals surface area contributed by atoms with Crippen molar-refractivity contribution in [1.82, 2.24) is 9.97 Å². The smallest absolute Gasteiger partial charge is 0.223 e. The predicted molar refractivity (Wildman–Crippen MR) is 55.7 cm³/mol. The van der Waals surface area contributed by atoms with Gasteiger partial charge in [0.05, 0.1) is 12.4 Å². The zero-order chi connectivity index (χ0) is 12.3. The molecule has 0 bridgehead atoms. The lowest BCUT2D eigenvalue weighted by Gasteiger charge is -2.05. The summed E-state index contributed by atoms with van der Waals surface area (Å²) in [6.07, 6.45) is 1.99. The van der Waals surface area contributed by atoms with Crippen LogP contribution in [0.15, 0.2) is 30.6 Å². The molecule has 0 atom stereocenters. The van der Waals surface area contributed by atoms with Gasteiger partial charge >= 0.3 is 0 Å². The predicted octanol–water partition coefficient (Wildman–Crippen LogP) is 2.51. The monoisotopic (exact) mass is 239 g/mol. The summed E-state index contributed by atoms with van der Waals surface area (Å²) in [5, 5.41) is 2.70. The van der Waals surface area contributed by atoms with Crippen LogP contribution in [0.5, 0.6) is 0 Å². The van der Waals surface area contributed by atoms with E-state index in [0.717, 1.165) is 24.5 Å². The molecular formula is C11H8F3N3. The quantitative estimate of drug-likeness (QED) is 0.894. The van der Waals surface area contributed by atoms with Crippen molar-refractivity contribution in [3.8, 4) is 0 Å². The van der Waals surface area contributed by atoms with Crippen LogP contribution in [-0.2, 0) is 6.54 Å². The number of halogens is 3. The molecule has 88 valence electrons. The molecule has 1 N–H and O–H groups in total. The molecule has 0 aliphatic carbocycles. The Morgan fingerprint density at radius 3 is 2.35 bits per heavy atom. The van der Waals surface area contributed by atoms with Crippen LogP contribution in [0.3, 0.4) is 0 Å². The Bertz CT molecular complexity index is 514. The Kier molecular flexibility index (Phi) is 3.22. The molecule has 0 spiro atoms. The Morgan fingerprint density at radius 1 is 1.00 bits per heavy atom. The van der Waals surface area contributed by atoms with Gasteiger partial charge in [-0.15, -0.1) is 0 Å². The highest BCUT2D eigenvalue weighted by atomic mass is 19.1. The maximum absolute atomic E-state index is 13.2. The van der Waals surface area contributed by atoms with Crippen molar-refractivity contribution in [2.24, 2.45) is 0 Å². The van der Waals surface area contributed by atoms with Crippen LogP contribution in [0.4, 0.5) is 19.1 Å². The molecule has 0 radical (unpaired) electrons. The van der Waals surface area contributed by atoms with E-state index < -0.39 is 17.5 Å². The number of anilines is 1. The first-order chi connectivity index (χ1) is 8.15. The van der Waals surface area contributed by atoms with E-state index in [1.165, 1.54) is 6.07 Å². The van der Waals surface area contributed by atoms with Gasteiger partial charge in [0.1, 0.15) is 11.6 Å². The van der Waals surface area contributed by atoms with E-state index in [1.807, 2.05) is 0 Å². The Morgan fingerprint density at radius 2 is 1.71 bits per heavy atom. The number of nitrogens with zero attached hydrogens (tertiary/aromatic N) is 2. The zero-order valence-electron chi connectivity index (χ0n) is 8.62. The molecule has 1 aromatic carbocycles. The first-order valence-electron chi connectivity index (χ1n) is 4.80. The van der Waals surface area contributed by atoms with E-state index in [4.69, 9.17) is 0 Å². The molecule has 0 aliphatic heterocycles. The first kappa shape index (κ1) is 11.4. The molecule has 0 fully saturated rings. The number of benzene rings is 1. The highest BCUT2D eigenvalue weighted by Gasteiger charge is 2.04. The van der Waals surface area contributed by atoms with Gasteiger partial charge in [-0.3, -0.25) is 0 Å². The van der Waals surface area contributed by atoms with E-state index in [1.54, 1.807) is 0 Å². The zero-order valence-corrected chi connectivity index (χ0v) is 8.62. The molecular weight excluding hydrogens is 231 g/mol. The largest absolute Gasteiger partial charge is 0.350 e. The van der Waals surface area contributed by atoms with Crippen molar-refractivity contribution in [2.45, 2.75) is 6.54 Å². The van der Waals surface area contributed by atoms with Crippen molar-refractivity contribution in [2.75, 3.05) is 5.32 Å². The molecule has 3 nitrogen and oxygen atoms in total. The van der Waals surface area contributed by atoms with Gasteiger partial charge in [0.25, 0.3) is 0 Å². The second kappa shape index (κ2) is 4.82. The minimum Gasteiger partial charge on any atom is -0.350 e. The number of hydrogen-bond acceptors (Lipinski definition) is 3. The topological polar surface area (TPSA) is 37.8 Å². The molecule has 1 aromatic heterocycles.